The first-order valence-corrected chi connectivity index (χ1v) is 7.43. The van der Waals surface area contributed by atoms with Gasteiger partial charge in [0, 0.05) is 18.8 Å². The SMILES string of the molecule is CCN(CC1CC1)S(=O)(=O)c1cc(N)cc(F)c1. The highest BCUT2D eigenvalue weighted by Crippen LogP contribution is 2.31. The first-order valence-electron chi connectivity index (χ1n) is 5.99. The van der Waals surface area contributed by atoms with E-state index in [1.54, 1.807) is 6.92 Å². The Balaban J connectivity index is 2.32. The molecule has 0 amide bonds. The van der Waals surface area contributed by atoms with Crippen molar-refractivity contribution in [3.05, 3.63) is 24.0 Å². The van der Waals surface area contributed by atoms with Gasteiger partial charge in [-0.3, -0.25) is 0 Å². The van der Waals surface area contributed by atoms with Crippen molar-refractivity contribution in [3.63, 3.8) is 0 Å². The molecule has 2 N–H and O–H groups in total. The highest BCUT2D eigenvalue weighted by atomic mass is 32.2. The number of nitrogens with two attached hydrogens (primary N) is 1. The molecule has 0 heterocycles. The van der Waals surface area contributed by atoms with Crippen LogP contribution < -0.4 is 5.73 Å². The topological polar surface area (TPSA) is 63.4 Å². The summed E-state index contributed by atoms with van der Waals surface area (Å²) < 4.78 is 39.3. The second-order valence-corrected chi connectivity index (χ2v) is 6.56. The van der Waals surface area contributed by atoms with Crippen molar-refractivity contribution in [1.82, 2.24) is 4.31 Å². The average molecular weight is 272 g/mol. The molecular weight excluding hydrogens is 255 g/mol. The Bertz CT molecular complexity index is 521. The molecule has 0 radical (unpaired) electrons. The van der Waals surface area contributed by atoms with Crippen LogP contribution in [-0.4, -0.2) is 25.8 Å². The van der Waals surface area contributed by atoms with Crippen LogP contribution in [0, 0.1) is 11.7 Å². The quantitative estimate of drug-likeness (QED) is 0.832. The van der Waals surface area contributed by atoms with Crippen LogP contribution >= 0.6 is 0 Å². The summed E-state index contributed by atoms with van der Waals surface area (Å²) in [5.41, 5.74) is 5.61. The molecule has 0 aliphatic heterocycles. The minimum Gasteiger partial charge on any atom is -0.399 e. The van der Waals surface area contributed by atoms with Crippen LogP contribution in [0.15, 0.2) is 23.1 Å². The summed E-state index contributed by atoms with van der Waals surface area (Å²) >= 11 is 0. The lowest BCUT2D eigenvalue weighted by Crippen LogP contribution is -2.32. The molecule has 0 aromatic heterocycles. The van der Waals surface area contributed by atoms with Gasteiger partial charge in [-0.05, 0) is 37.0 Å². The summed E-state index contributed by atoms with van der Waals surface area (Å²) in [6, 6.07) is 3.42. The zero-order chi connectivity index (χ0) is 13.3. The number of nitrogens with zero attached hydrogens (tertiary/aromatic N) is 1. The maximum Gasteiger partial charge on any atom is 0.243 e. The number of anilines is 1. The van der Waals surface area contributed by atoms with Gasteiger partial charge in [-0.25, -0.2) is 12.8 Å². The first-order chi connectivity index (χ1) is 8.43. The monoisotopic (exact) mass is 272 g/mol. The van der Waals surface area contributed by atoms with E-state index < -0.39 is 15.8 Å². The lowest BCUT2D eigenvalue weighted by molar-refractivity contribution is 0.411. The van der Waals surface area contributed by atoms with Gasteiger partial charge in [-0.1, -0.05) is 6.92 Å². The molecule has 1 aliphatic carbocycles. The third kappa shape index (κ3) is 2.81. The fourth-order valence-corrected chi connectivity index (χ4v) is 3.46. The highest BCUT2D eigenvalue weighted by Gasteiger charge is 2.31. The smallest absolute Gasteiger partial charge is 0.243 e. The molecule has 1 fully saturated rings. The van der Waals surface area contributed by atoms with E-state index in [2.05, 4.69) is 0 Å². The van der Waals surface area contributed by atoms with E-state index in [1.807, 2.05) is 0 Å². The Morgan fingerprint density at radius 3 is 2.56 bits per heavy atom. The number of hydrogen-bond acceptors (Lipinski definition) is 3. The molecule has 6 heteroatoms. The maximum atomic E-state index is 13.2. The number of rotatable bonds is 5. The third-order valence-electron chi connectivity index (χ3n) is 3.04. The lowest BCUT2D eigenvalue weighted by Gasteiger charge is -2.20. The molecule has 1 aliphatic rings. The number of hydrogen-bond donors (Lipinski definition) is 1. The summed E-state index contributed by atoms with van der Waals surface area (Å²) in [5, 5.41) is 0. The van der Waals surface area contributed by atoms with Crippen LogP contribution in [-0.2, 0) is 10.0 Å². The van der Waals surface area contributed by atoms with E-state index in [9.17, 15) is 12.8 Å². The summed E-state index contributed by atoms with van der Waals surface area (Å²) in [6.07, 6.45) is 2.13. The van der Waals surface area contributed by atoms with E-state index in [0.29, 0.717) is 19.0 Å². The van der Waals surface area contributed by atoms with E-state index >= 15 is 0 Å². The Kier molecular flexibility index (Phi) is 3.59. The predicted octanol–water partition coefficient (Wildman–Crippen LogP) is 1.83. The molecule has 1 aromatic rings. The summed E-state index contributed by atoms with van der Waals surface area (Å²) in [5.74, 6) is -0.179. The van der Waals surface area contributed by atoms with Gasteiger partial charge in [0.15, 0.2) is 0 Å². The lowest BCUT2D eigenvalue weighted by atomic mass is 10.3. The van der Waals surface area contributed by atoms with Crippen LogP contribution in [0.3, 0.4) is 0 Å². The minimum atomic E-state index is -3.64. The number of nitrogen functional groups attached to an aromatic ring is 1. The third-order valence-corrected chi connectivity index (χ3v) is 4.96. The van der Waals surface area contributed by atoms with Gasteiger partial charge in [0.2, 0.25) is 10.0 Å². The summed E-state index contributed by atoms with van der Waals surface area (Å²) in [7, 11) is -3.64. The van der Waals surface area contributed by atoms with Gasteiger partial charge >= 0.3 is 0 Å². The molecule has 1 saturated carbocycles. The molecule has 0 unspecified atom stereocenters. The Hall–Kier alpha value is -1.14. The molecular formula is C12H17FN2O2S. The summed E-state index contributed by atoms with van der Waals surface area (Å²) in [4.78, 5) is -0.0671. The standard InChI is InChI=1S/C12H17FN2O2S/c1-2-15(8-9-3-4-9)18(16,17)12-6-10(13)5-11(14)7-12/h5-7,9H,2-4,8,14H2,1H3. The van der Waals surface area contributed by atoms with Crippen molar-refractivity contribution in [1.29, 1.82) is 0 Å². The zero-order valence-electron chi connectivity index (χ0n) is 10.3. The molecule has 2 rings (SSSR count). The van der Waals surface area contributed by atoms with Crippen molar-refractivity contribution in [2.45, 2.75) is 24.7 Å². The Morgan fingerprint density at radius 1 is 1.39 bits per heavy atom. The Labute approximate surface area is 107 Å². The van der Waals surface area contributed by atoms with Gasteiger partial charge < -0.3 is 5.73 Å². The summed E-state index contributed by atoms with van der Waals surface area (Å²) in [6.45, 7) is 2.67. The van der Waals surface area contributed by atoms with Crippen LogP contribution in [0.1, 0.15) is 19.8 Å². The van der Waals surface area contributed by atoms with E-state index in [4.69, 9.17) is 5.73 Å². The van der Waals surface area contributed by atoms with Crippen LogP contribution in [0.2, 0.25) is 0 Å². The number of benzene rings is 1. The van der Waals surface area contributed by atoms with E-state index in [-0.39, 0.29) is 10.6 Å². The van der Waals surface area contributed by atoms with Gasteiger partial charge in [0.05, 0.1) is 4.90 Å². The van der Waals surface area contributed by atoms with Gasteiger partial charge in [0.1, 0.15) is 5.82 Å². The molecule has 0 bridgehead atoms. The number of halogens is 1. The first kappa shape index (κ1) is 13.3. The second-order valence-electron chi connectivity index (χ2n) is 4.62. The normalized spacial score (nSPS) is 16.2. The highest BCUT2D eigenvalue weighted by molar-refractivity contribution is 7.89. The van der Waals surface area contributed by atoms with E-state index in [0.717, 1.165) is 25.0 Å². The van der Waals surface area contributed by atoms with Crippen molar-refractivity contribution in [2.75, 3.05) is 18.8 Å². The predicted molar refractivity (Wildman–Crippen MR) is 68.0 cm³/mol. The van der Waals surface area contributed by atoms with Crippen molar-refractivity contribution in [3.8, 4) is 0 Å². The number of sulfonamides is 1. The second kappa shape index (κ2) is 4.85. The molecule has 4 nitrogen and oxygen atoms in total. The van der Waals surface area contributed by atoms with Gasteiger partial charge in [0.25, 0.3) is 0 Å². The zero-order valence-corrected chi connectivity index (χ0v) is 11.1. The van der Waals surface area contributed by atoms with Crippen molar-refractivity contribution in [2.24, 2.45) is 5.92 Å². The minimum absolute atomic E-state index is 0.0671. The van der Waals surface area contributed by atoms with Crippen LogP contribution in [0.4, 0.5) is 10.1 Å². The van der Waals surface area contributed by atoms with Gasteiger partial charge in [-0.2, -0.15) is 4.31 Å². The van der Waals surface area contributed by atoms with Crippen LogP contribution in [0.5, 0.6) is 0 Å². The fraction of sp³-hybridized carbons (Fsp3) is 0.500. The van der Waals surface area contributed by atoms with Crippen LogP contribution in [0.25, 0.3) is 0 Å². The largest absolute Gasteiger partial charge is 0.399 e. The molecule has 1 aromatic carbocycles. The molecule has 100 valence electrons. The molecule has 18 heavy (non-hydrogen) atoms. The van der Waals surface area contributed by atoms with Crippen molar-refractivity contribution < 1.29 is 12.8 Å². The average Bonchev–Trinajstić information content (AvgIpc) is 3.08. The Morgan fingerprint density at radius 2 is 2.06 bits per heavy atom. The molecule has 0 saturated heterocycles. The fourth-order valence-electron chi connectivity index (χ4n) is 1.87. The van der Waals surface area contributed by atoms with Gasteiger partial charge in [-0.15, -0.1) is 0 Å². The maximum absolute atomic E-state index is 13.2. The molecule has 0 spiro atoms. The van der Waals surface area contributed by atoms with Crippen molar-refractivity contribution >= 4 is 15.7 Å². The van der Waals surface area contributed by atoms with E-state index in [1.165, 1.54) is 10.4 Å². The molecule has 0 atom stereocenters.